The zero-order valence-corrected chi connectivity index (χ0v) is 15.2. The third kappa shape index (κ3) is 5.89. The molecular weight excluding hydrogens is 355 g/mol. The number of piperidine rings is 1. The average Bonchev–Trinajstić information content (AvgIpc) is 2.52. The van der Waals surface area contributed by atoms with Crippen LogP contribution in [-0.4, -0.2) is 43.3 Å². The molecule has 140 valence electrons. The molecule has 25 heavy (non-hydrogen) atoms. The average molecular weight is 378 g/mol. The second kappa shape index (κ2) is 7.96. The molecule has 1 saturated heterocycles. The molecule has 1 heterocycles. The van der Waals surface area contributed by atoms with Gasteiger partial charge >= 0.3 is 12.1 Å². The van der Waals surface area contributed by atoms with Gasteiger partial charge in [0, 0.05) is 5.02 Å². The largest absolute Gasteiger partial charge is 0.465 e. The summed E-state index contributed by atoms with van der Waals surface area (Å²) in [5, 5.41) is 0.551. The first-order chi connectivity index (χ1) is 11.6. The van der Waals surface area contributed by atoms with Crippen LogP contribution in [-0.2, 0) is 14.9 Å². The Morgan fingerprint density at radius 3 is 2.48 bits per heavy atom. The van der Waals surface area contributed by atoms with Crippen LogP contribution >= 0.6 is 11.6 Å². The van der Waals surface area contributed by atoms with Crippen LogP contribution in [0.5, 0.6) is 0 Å². The lowest BCUT2D eigenvalue weighted by Gasteiger charge is -2.32. The summed E-state index contributed by atoms with van der Waals surface area (Å²) in [5.74, 6) is -0.254. The third-order valence-corrected chi connectivity index (χ3v) is 4.85. The molecular formula is C18H23ClF3NO2. The summed E-state index contributed by atoms with van der Waals surface area (Å²) < 4.78 is 42.6. The van der Waals surface area contributed by atoms with Gasteiger partial charge in [-0.15, -0.1) is 0 Å². The molecule has 0 radical (unpaired) electrons. The molecule has 3 nitrogen and oxygen atoms in total. The normalized spacial score (nSPS) is 17.5. The van der Waals surface area contributed by atoms with E-state index >= 15 is 0 Å². The lowest BCUT2D eigenvalue weighted by Crippen LogP contribution is -2.41. The molecule has 7 heteroatoms. The molecule has 0 N–H and O–H groups in total. The molecule has 0 bridgehead atoms. The van der Waals surface area contributed by atoms with E-state index in [0.29, 0.717) is 31.0 Å². The molecule has 1 aliphatic rings. The van der Waals surface area contributed by atoms with Crippen LogP contribution in [0.3, 0.4) is 0 Å². The van der Waals surface area contributed by atoms with Crippen molar-refractivity contribution in [2.45, 2.75) is 38.3 Å². The minimum Gasteiger partial charge on any atom is -0.465 e. The molecule has 0 aromatic heterocycles. The number of hydrogen-bond donors (Lipinski definition) is 0. The summed E-state index contributed by atoms with van der Waals surface area (Å²) in [6.45, 7) is 3.66. The highest BCUT2D eigenvalue weighted by Crippen LogP contribution is 2.28. The first-order valence-electron chi connectivity index (χ1n) is 8.30. The van der Waals surface area contributed by atoms with E-state index in [-0.39, 0.29) is 18.5 Å². The van der Waals surface area contributed by atoms with Crippen LogP contribution in [0.2, 0.25) is 5.02 Å². The van der Waals surface area contributed by atoms with E-state index in [1.807, 2.05) is 6.07 Å². The predicted molar refractivity (Wildman–Crippen MR) is 90.7 cm³/mol. The number of likely N-dealkylation sites (tertiary alicyclic amines) is 1. The van der Waals surface area contributed by atoms with Crippen molar-refractivity contribution >= 4 is 17.6 Å². The van der Waals surface area contributed by atoms with Crippen molar-refractivity contribution in [3.8, 4) is 0 Å². The van der Waals surface area contributed by atoms with Crippen molar-refractivity contribution < 1.29 is 22.7 Å². The van der Waals surface area contributed by atoms with E-state index in [0.717, 1.165) is 5.56 Å². The van der Waals surface area contributed by atoms with Gasteiger partial charge in [0.15, 0.2) is 0 Å². The fourth-order valence-electron chi connectivity index (χ4n) is 2.93. The summed E-state index contributed by atoms with van der Waals surface area (Å²) in [6.07, 6.45) is -2.97. The van der Waals surface area contributed by atoms with Gasteiger partial charge in [-0.3, -0.25) is 9.69 Å². The van der Waals surface area contributed by atoms with E-state index in [2.05, 4.69) is 0 Å². The molecule has 0 spiro atoms. The van der Waals surface area contributed by atoms with Crippen LogP contribution in [0.25, 0.3) is 0 Å². The van der Waals surface area contributed by atoms with Crippen LogP contribution < -0.4 is 0 Å². The first kappa shape index (κ1) is 20.0. The van der Waals surface area contributed by atoms with Crippen molar-refractivity contribution in [2.24, 2.45) is 5.92 Å². The van der Waals surface area contributed by atoms with Gasteiger partial charge in [0.25, 0.3) is 0 Å². The summed E-state index contributed by atoms with van der Waals surface area (Å²) in [7, 11) is 0. The maximum Gasteiger partial charge on any atom is 0.401 e. The molecule has 0 saturated carbocycles. The highest BCUT2D eigenvalue weighted by atomic mass is 35.5. The quantitative estimate of drug-likeness (QED) is 0.711. The molecule has 2 rings (SSSR count). The number of carbonyl (C=O) groups is 1. The number of hydrogen-bond acceptors (Lipinski definition) is 3. The minimum atomic E-state index is -4.17. The Labute approximate surface area is 151 Å². The molecule has 1 aromatic carbocycles. The monoisotopic (exact) mass is 377 g/mol. The minimum absolute atomic E-state index is 0.101. The van der Waals surface area contributed by atoms with Crippen molar-refractivity contribution in [1.29, 1.82) is 0 Å². The SMILES string of the molecule is CC(C)(C(=O)OCC1CCN(CC(F)(F)F)CC1)c1cccc(Cl)c1. The summed E-state index contributed by atoms with van der Waals surface area (Å²) in [4.78, 5) is 13.8. The third-order valence-electron chi connectivity index (χ3n) is 4.62. The highest BCUT2D eigenvalue weighted by molar-refractivity contribution is 6.30. The smallest absolute Gasteiger partial charge is 0.401 e. The number of benzene rings is 1. The van der Waals surface area contributed by atoms with E-state index in [1.54, 1.807) is 32.0 Å². The summed E-state index contributed by atoms with van der Waals surface area (Å²) in [5.41, 5.74) is -0.0629. The van der Waals surface area contributed by atoms with Crippen LogP contribution in [0.1, 0.15) is 32.3 Å². The van der Waals surface area contributed by atoms with Crippen molar-refractivity contribution in [3.63, 3.8) is 0 Å². The van der Waals surface area contributed by atoms with Gasteiger partial charge in [-0.25, -0.2) is 0 Å². The van der Waals surface area contributed by atoms with Crippen molar-refractivity contribution in [3.05, 3.63) is 34.9 Å². The molecule has 0 unspecified atom stereocenters. The van der Waals surface area contributed by atoms with Gasteiger partial charge in [0.1, 0.15) is 0 Å². The van der Waals surface area contributed by atoms with Gasteiger partial charge in [-0.2, -0.15) is 13.2 Å². The maximum atomic E-state index is 12.4. The molecule has 1 fully saturated rings. The van der Waals surface area contributed by atoms with Gasteiger partial charge < -0.3 is 4.74 Å². The lowest BCUT2D eigenvalue weighted by atomic mass is 9.85. The van der Waals surface area contributed by atoms with E-state index in [4.69, 9.17) is 16.3 Å². The molecule has 0 atom stereocenters. The second-order valence-electron chi connectivity index (χ2n) is 7.07. The number of esters is 1. The Morgan fingerprint density at radius 1 is 1.28 bits per heavy atom. The number of halogens is 4. The fourth-order valence-corrected chi connectivity index (χ4v) is 3.12. The van der Waals surface area contributed by atoms with Crippen LogP contribution in [0, 0.1) is 5.92 Å². The Hall–Kier alpha value is -1.27. The fraction of sp³-hybridized carbons (Fsp3) is 0.611. The number of ether oxygens (including phenoxy) is 1. The molecule has 0 aliphatic carbocycles. The maximum absolute atomic E-state index is 12.4. The molecule has 1 aromatic rings. The second-order valence-corrected chi connectivity index (χ2v) is 7.50. The number of nitrogens with zero attached hydrogens (tertiary/aromatic N) is 1. The summed E-state index contributed by atoms with van der Waals surface area (Å²) >= 11 is 5.98. The van der Waals surface area contributed by atoms with E-state index in [1.165, 1.54) is 4.90 Å². The van der Waals surface area contributed by atoms with Crippen molar-refractivity contribution in [1.82, 2.24) is 4.90 Å². The van der Waals surface area contributed by atoms with Gasteiger partial charge in [-0.05, 0) is 63.4 Å². The number of rotatable bonds is 5. The first-order valence-corrected chi connectivity index (χ1v) is 8.68. The zero-order valence-electron chi connectivity index (χ0n) is 14.4. The Balaban J connectivity index is 1.82. The van der Waals surface area contributed by atoms with Gasteiger partial charge in [0.05, 0.1) is 18.6 Å². The van der Waals surface area contributed by atoms with Crippen LogP contribution in [0.15, 0.2) is 24.3 Å². The van der Waals surface area contributed by atoms with Crippen LogP contribution in [0.4, 0.5) is 13.2 Å². The topological polar surface area (TPSA) is 29.5 Å². The number of alkyl halides is 3. The zero-order chi connectivity index (χ0) is 18.7. The Kier molecular flexibility index (Phi) is 6.38. The van der Waals surface area contributed by atoms with Gasteiger partial charge in [0.2, 0.25) is 0 Å². The highest BCUT2D eigenvalue weighted by Gasteiger charge is 2.34. The van der Waals surface area contributed by atoms with E-state index in [9.17, 15) is 18.0 Å². The van der Waals surface area contributed by atoms with Gasteiger partial charge in [-0.1, -0.05) is 23.7 Å². The Bertz CT molecular complexity index is 596. The molecule has 0 amide bonds. The standard InChI is InChI=1S/C18H23ClF3NO2/c1-17(2,14-4-3-5-15(19)10-14)16(24)25-11-13-6-8-23(9-7-13)12-18(20,21)22/h3-5,10,13H,6-9,11-12H2,1-2H3. The predicted octanol–water partition coefficient (Wildman–Crippen LogP) is 4.44. The van der Waals surface area contributed by atoms with E-state index < -0.39 is 18.1 Å². The Morgan fingerprint density at radius 2 is 1.92 bits per heavy atom. The summed E-state index contributed by atoms with van der Waals surface area (Å²) in [6, 6.07) is 7.07. The number of carbonyl (C=O) groups excluding carboxylic acids is 1. The lowest BCUT2D eigenvalue weighted by molar-refractivity contribution is -0.153. The van der Waals surface area contributed by atoms with Crippen molar-refractivity contribution in [2.75, 3.05) is 26.2 Å². The molecule has 1 aliphatic heterocycles.